The van der Waals surface area contributed by atoms with E-state index in [9.17, 15) is 4.79 Å². The molecule has 3 heterocycles. The molecule has 1 aromatic carbocycles. The third-order valence-electron chi connectivity index (χ3n) is 7.05. The predicted octanol–water partition coefficient (Wildman–Crippen LogP) is 3.67. The van der Waals surface area contributed by atoms with E-state index in [2.05, 4.69) is 27.4 Å². The number of amides is 2. The SMILES string of the molecule is CCNC(=O)Nc1ccc(-c2nc3c(c(N4CCOCC4C)n2)CCN(CCC2CC2)C3)cc1. The highest BCUT2D eigenvalue weighted by Gasteiger charge is 2.30. The lowest BCUT2D eigenvalue weighted by Crippen LogP contribution is -2.45. The van der Waals surface area contributed by atoms with E-state index in [4.69, 9.17) is 14.7 Å². The van der Waals surface area contributed by atoms with Crippen LogP contribution in [0.15, 0.2) is 24.3 Å². The van der Waals surface area contributed by atoms with Crippen LogP contribution in [0.1, 0.15) is 44.4 Å². The third-order valence-corrected chi connectivity index (χ3v) is 7.05. The van der Waals surface area contributed by atoms with Gasteiger partial charge < -0.3 is 20.3 Å². The van der Waals surface area contributed by atoms with Crippen LogP contribution in [-0.2, 0) is 17.7 Å². The lowest BCUT2D eigenvalue weighted by molar-refractivity contribution is 0.0983. The summed E-state index contributed by atoms with van der Waals surface area (Å²) < 4.78 is 5.70. The number of rotatable bonds is 7. The average molecular weight is 465 g/mol. The Kier molecular flexibility index (Phi) is 6.97. The number of fused-ring (bicyclic) bond motifs is 1. The van der Waals surface area contributed by atoms with Gasteiger partial charge in [-0.2, -0.15) is 0 Å². The van der Waals surface area contributed by atoms with E-state index in [0.29, 0.717) is 6.54 Å². The van der Waals surface area contributed by atoms with Gasteiger partial charge in [-0.1, -0.05) is 12.8 Å². The molecule has 1 saturated carbocycles. The summed E-state index contributed by atoms with van der Waals surface area (Å²) in [5.74, 6) is 2.77. The van der Waals surface area contributed by atoms with Gasteiger partial charge in [0.05, 0.1) is 24.9 Å². The number of anilines is 2. The van der Waals surface area contributed by atoms with E-state index in [1.54, 1.807) is 0 Å². The number of hydrogen-bond donors (Lipinski definition) is 2. The summed E-state index contributed by atoms with van der Waals surface area (Å²) in [6.07, 6.45) is 5.11. The second-order valence-corrected chi connectivity index (χ2v) is 9.73. The van der Waals surface area contributed by atoms with E-state index in [-0.39, 0.29) is 12.1 Å². The fraction of sp³-hybridized carbons (Fsp3) is 0.577. The Morgan fingerprint density at radius 1 is 1.18 bits per heavy atom. The number of ether oxygens (including phenoxy) is 1. The van der Waals surface area contributed by atoms with Crippen molar-refractivity contribution in [3.63, 3.8) is 0 Å². The van der Waals surface area contributed by atoms with Gasteiger partial charge in [0.15, 0.2) is 5.82 Å². The van der Waals surface area contributed by atoms with Gasteiger partial charge in [-0.15, -0.1) is 0 Å². The molecular weight excluding hydrogens is 428 g/mol. The fourth-order valence-electron chi connectivity index (χ4n) is 4.87. The van der Waals surface area contributed by atoms with E-state index in [1.807, 2.05) is 31.2 Å². The lowest BCUT2D eigenvalue weighted by atomic mass is 10.0. The van der Waals surface area contributed by atoms with Gasteiger partial charge in [-0.25, -0.2) is 14.8 Å². The molecule has 34 heavy (non-hydrogen) atoms. The minimum absolute atomic E-state index is 0.199. The summed E-state index contributed by atoms with van der Waals surface area (Å²) in [5, 5.41) is 5.61. The van der Waals surface area contributed by atoms with Gasteiger partial charge in [0.1, 0.15) is 5.82 Å². The van der Waals surface area contributed by atoms with Crippen molar-refractivity contribution in [3.05, 3.63) is 35.5 Å². The molecule has 2 amide bonds. The molecule has 5 rings (SSSR count). The van der Waals surface area contributed by atoms with Crippen LogP contribution in [0.5, 0.6) is 0 Å². The quantitative estimate of drug-likeness (QED) is 0.651. The van der Waals surface area contributed by atoms with Gasteiger partial charge >= 0.3 is 6.03 Å². The second-order valence-electron chi connectivity index (χ2n) is 9.73. The Morgan fingerprint density at radius 3 is 2.74 bits per heavy atom. The number of morpholine rings is 1. The number of urea groups is 1. The molecule has 8 heteroatoms. The van der Waals surface area contributed by atoms with Crippen molar-refractivity contribution in [2.45, 2.75) is 52.1 Å². The first-order valence-electron chi connectivity index (χ1n) is 12.7. The van der Waals surface area contributed by atoms with Gasteiger partial charge in [0.25, 0.3) is 0 Å². The van der Waals surface area contributed by atoms with Crippen molar-refractivity contribution >= 4 is 17.5 Å². The number of carbonyl (C=O) groups is 1. The predicted molar refractivity (Wildman–Crippen MR) is 134 cm³/mol. The highest BCUT2D eigenvalue weighted by atomic mass is 16.5. The molecule has 0 bridgehead atoms. The summed E-state index contributed by atoms with van der Waals surface area (Å²) >= 11 is 0. The molecule has 1 unspecified atom stereocenters. The molecule has 2 aromatic rings. The number of nitrogens with zero attached hydrogens (tertiary/aromatic N) is 4. The van der Waals surface area contributed by atoms with E-state index >= 15 is 0 Å². The Labute approximate surface area is 202 Å². The molecule has 1 aromatic heterocycles. The molecule has 8 nitrogen and oxygen atoms in total. The number of nitrogens with one attached hydrogen (secondary N) is 2. The first-order valence-corrected chi connectivity index (χ1v) is 12.7. The first kappa shape index (κ1) is 23.1. The largest absolute Gasteiger partial charge is 0.377 e. The van der Waals surface area contributed by atoms with Crippen molar-refractivity contribution in [3.8, 4) is 11.4 Å². The molecule has 2 aliphatic heterocycles. The van der Waals surface area contributed by atoms with Gasteiger partial charge in [0.2, 0.25) is 0 Å². The van der Waals surface area contributed by atoms with E-state index in [0.717, 1.165) is 80.3 Å². The molecule has 1 saturated heterocycles. The van der Waals surface area contributed by atoms with Crippen LogP contribution in [0, 0.1) is 5.92 Å². The summed E-state index contributed by atoms with van der Waals surface area (Å²) in [7, 11) is 0. The van der Waals surface area contributed by atoms with Crippen LogP contribution >= 0.6 is 0 Å². The highest BCUT2D eigenvalue weighted by Crippen LogP contribution is 2.34. The van der Waals surface area contributed by atoms with E-state index in [1.165, 1.54) is 24.8 Å². The third kappa shape index (κ3) is 5.33. The van der Waals surface area contributed by atoms with Crippen molar-refractivity contribution < 1.29 is 9.53 Å². The van der Waals surface area contributed by atoms with Crippen LogP contribution in [-0.4, -0.2) is 66.3 Å². The molecular formula is C26H36N6O2. The molecule has 3 aliphatic rings. The van der Waals surface area contributed by atoms with Gasteiger partial charge in [-0.3, -0.25) is 4.90 Å². The van der Waals surface area contributed by atoms with E-state index < -0.39 is 0 Å². The Morgan fingerprint density at radius 2 is 2.00 bits per heavy atom. The summed E-state index contributed by atoms with van der Waals surface area (Å²) in [6.45, 7) is 10.1. The topological polar surface area (TPSA) is 82.6 Å². The number of aromatic nitrogens is 2. The number of benzene rings is 1. The standard InChI is InChI=1S/C26H36N6O2/c1-3-27-26(33)28-21-8-6-20(7-9-21)24-29-23-16-31(12-10-19-4-5-19)13-11-22(23)25(30-24)32-14-15-34-17-18(32)2/h6-9,18-19H,3-5,10-17H2,1-2H3,(H2,27,28,33). The Hall–Kier alpha value is -2.71. The molecule has 2 fully saturated rings. The van der Waals surface area contributed by atoms with Crippen molar-refractivity contribution in [1.29, 1.82) is 0 Å². The van der Waals surface area contributed by atoms with Crippen LogP contribution < -0.4 is 15.5 Å². The maximum Gasteiger partial charge on any atom is 0.319 e. The Bertz CT molecular complexity index is 1010. The normalized spacial score (nSPS) is 20.6. The number of hydrogen-bond acceptors (Lipinski definition) is 6. The molecule has 1 atom stereocenters. The highest BCUT2D eigenvalue weighted by molar-refractivity contribution is 5.89. The zero-order valence-corrected chi connectivity index (χ0v) is 20.3. The van der Waals surface area contributed by atoms with Crippen molar-refractivity contribution in [2.24, 2.45) is 5.92 Å². The number of carbonyl (C=O) groups excluding carboxylic acids is 1. The zero-order chi connectivity index (χ0) is 23.5. The molecule has 2 N–H and O–H groups in total. The van der Waals surface area contributed by atoms with Crippen molar-refractivity contribution in [2.75, 3.05) is 49.6 Å². The monoisotopic (exact) mass is 464 g/mol. The fourth-order valence-corrected chi connectivity index (χ4v) is 4.87. The molecule has 1 aliphatic carbocycles. The van der Waals surface area contributed by atoms with Crippen LogP contribution in [0.25, 0.3) is 11.4 Å². The van der Waals surface area contributed by atoms with Gasteiger partial charge in [-0.05, 0) is 63.4 Å². The average Bonchev–Trinajstić information content (AvgIpc) is 3.67. The molecule has 0 radical (unpaired) electrons. The summed E-state index contributed by atoms with van der Waals surface area (Å²) in [4.78, 5) is 27.0. The van der Waals surface area contributed by atoms with Gasteiger partial charge in [0, 0.05) is 43.0 Å². The Balaban J connectivity index is 1.43. The minimum atomic E-state index is -0.199. The summed E-state index contributed by atoms with van der Waals surface area (Å²) in [5.41, 5.74) is 4.17. The van der Waals surface area contributed by atoms with Crippen LogP contribution in [0.3, 0.4) is 0 Å². The first-order chi connectivity index (χ1) is 16.6. The molecule has 182 valence electrons. The van der Waals surface area contributed by atoms with Crippen LogP contribution in [0.2, 0.25) is 0 Å². The molecule has 0 spiro atoms. The summed E-state index contributed by atoms with van der Waals surface area (Å²) in [6, 6.07) is 7.89. The van der Waals surface area contributed by atoms with Crippen molar-refractivity contribution in [1.82, 2.24) is 20.2 Å². The maximum absolute atomic E-state index is 11.8. The smallest absolute Gasteiger partial charge is 0.319 e. The second kappa shape index (κ2) is 10.3. The zero-order valence-electron chi connectivity index (χ0n) is 20.3. The van der Waals surface area contributed by atoms with Crippen LogP contribution in [0.4, 0.5) is 16.3 Å². The minimum Gasteiger partial charge on any atom is -0.377 e. The maximum atomic E-state index is 11.8. The lowest BCUT2D eigenvalue weighted by Gasteiger charge is -2.38.